The second-order valence-corrected chi connectivity index (χ2v) is 4.09. The van der Waals surface area contributed by atoms with Crippen LogP contribution in [-0.2, 0) is 18.3 Å². The Kier molecular flexibility index (Phi) is 3.28. The number of rotatable bonds is 3. The van der Waals surface area contributed by atoms with Gasteiger partial charge < -0.3 is 9.67 Å². The number of aromatic nitrogens is 1. The number of carboxylic acids is 1. The molecule has 0 radical (unpaired) electrons. The monoisotopic (exact) mass is 243 g/mol. The number of pyridine rings is 1. The summed E-state index contributed by atoms with van der Waals surface area (Å²) in [7, 11) is 1.67. The van der Waals surface area contributed by atoms with E-state index in [1.165, 1.54) is 10.6 Å². The van der Waals surface area contributed by atoms with Gasteiger partial charge in [0.2, 0.25) is 5.56 Å². The van der Waals surface area contributed by atoms with E-state index >= 15 is 0 Å². The molecule has 1 aromatic carbocycles. The third-order valence-electron chi connectivity index (χ3n) is 2.76. The summed E-state index contributed by atoms with van der Waals surface area (Å²) in [5, 5.41) is 8.88. The lowest BCUT2D eigenvalue weighted by atomic mass is 9.99. The summed E-state index contributed by atoms with van der Waals surface area (Å²) in [6.07, 6.45) is 1.68. The van der Waals surface area contributed by atoms with Crippen LogP contribution in [0.2, 0.25) is 0 Å². The van der Waals surface area contributed by atoms with Crippen molar-refractivity contribution in [2.24, 2.45) is 7.05 Å². The molecule has 2 rings (SSSR count). The topological polar surface area (TPSA) is 59.3 Å². The van der Waals surface area contributed by atoms with Crippen LogP contribution in [0.5, 0.6) is 0 Å². The van der Waals surface area contributed by atoms with Crippen LogP contribution in [0.25, 0.3) is 11.1 Å². The zero-order valence-electron chi connectivity index (χ0n) is 9.96. The summed E-state index contributed by atoms with van der Waals surface area (Å²) < 4.78 is 1.48. The zero-order valence-corrected chi connectivity index (χ0v) is 9.96. The highest BCUT2D eigenvalue weighted by atomic mass is 16.4. The smallest absolute Gasteiger partial charge is 0.307 e. The third-order valence-corrected chi connectivity index (χ3v) is 2.76. The molecule has 0 unspecified atom stereocenters. The standard InChI is InChI=1S/C14H13NO3/c1-15-9-11(6-7-13(15)16)12-5-3-2-4-10(12)8-14(17)18/h2-7,9H,8H2,1H3,(H,17,18). The lowest BCUT2D eigenvalue weighted by Crippen LogP contribution is -2.14. The number of carbonyl (C=O) groups is 1. The van der Waals surface area contributed by atoms with Crippen molar-refractivity contribution in [3.05, 3.63) is 58.5 Å². The lowest BCUT2D eigenvalue weighted by molar-refractivity contribution is -0.136. The highest BCUT2D eigenvalue weighted by Gasteiger charge is 2.08. The molecule has 1 N–H and O–H groups in total. The fourth-order valence-electron chi connectivity index (χ4n) is 1.87. The molecule has 0 amide bonds. The van der Waals surface area contributed by atoms with Crippen LogP contribution in [0.4, 0.5) is 0 Å². The number of carboxylic acid groups (broad SMARTS) is 1. The predicted octanol–water partition coefficient (Wildman–Crippen LogP) is 1.68. The first-order chi connectivity index (χ1) is 8.58. The van der Waals surface area contributed by atoms with E-state index in [4.69, 9.17) is 5.11 Å². The molecule has 0 aliphatic rings. The summed E-state index contributed by atoms with van der Waals surface area (Å²) in [4.78, 5) is 22.2. The summed E-state index contributed by atoms with van der Waals surface area (Å²) in [6.45, 7) is 0. The number of nitrogens with zero attached hydrogens (tertiary/aromatic N) is 1. The average molecular weight is 243 g/mol. The molecule has 2 aromatic rings. The fourth-order valence-corrected chi connectivity index (χ4v) is 1.87. The summed E-state index contributed by atoms with van der Waals surface area (Å²) in [5.74, 6) is -0.868. The number of hydrogen-bond donors (Lipinski definition) is 1. The molecule has 0 aliphatic heterocycles. The van der Waals surface area contributed by atoms with Gasteiger partial charge in [0.25, 0.3) is 0 Å². The van der Waals surface area contributed by atoms with E-state index in [0.29, 0.717) is 0 Å². The molecule has 92 valence electrons. The molecule has 0 aliphatic carbocycles. The molecule has 0 fully saturated rings. The van der Waals surface area contributed by atoms with Crippen LogP contribution in [0.1, 0.15) is 5.56 Å². The quantitative estimate of drug-likeness (QED) is 0.892. The number of aryl methyl sites for hydroxylation is 1. The van der Waals surface area contributed by atoms with E-state index in [-0.39, 0.29) is 12.0 Å². The van der Waals surface area contributed by atoms with Gasteiger partial charge in [-0.05, 0) is 22.8 Å². The molecular weight excluding hydrogens is 230 g/mol. The van der Waals surface area contributed by atoms with Crippen molar-refractivity contribution < 1.29 is 9.90 Å². The summed E-state index contributed by atoms with van der Waals surface area (Å²) in [5.41, 5.74) is 2.34. The van der Waals surface area contributed by atoms with Gasteiger partial charge in [0.15, 0.2) is 0 Å². The van der Waals surface area contributed by atoms with Crippen LogP contribution >= 0.6 is 0 Å². The molecule has 0 saturated heterocycles. The Hall–Kier alpha value is -2.36. The second-order valence-electron chi connectivity index (χ2n) is 4.09. The maximum atomic E-state index is 11.3. The largest absolute Gasteiger partial charge is 0.481 e. The molecule has 4 heteroatoms. The first-order valence-electron chi connectivity index (χ1n) is 5.54. The molecular formula is C14H13NO3. The first-order valence-corrected chi connectivity index (χ1v) is 5.54. The van der Waals surface area contributed by atoms with Gasteiger partial charge >= 0.3 is 5.97 Å². The zero-order chi connectivity index (χ0) is 13.1. The Balaban J connectivity index is 2.52. The normalized spacial score (nSPS) is 10.3. The van der Waals surface area contributed by atoms with Crippen LogP contribution in [0.15, 0.2) is 47.4 Å². The number of benzene rings is 1. The van der Waals surface area contributed by atoms with Gasteiger partial charge in [0.05, 0.1) is 6.42 Å². The molecule has 0 saturated carbocycles. The highest BCUT2D eigenvalue weighted by Crippen LogP contribution is 2.22. The summed E-state index contributed by atoms with van der Waals surface area (Å²) in [6, 6.07) is 10.5. The van der Waals surface area contributed by atoms with Crippen molar-refractivity contribution in [1.29, 1.82) is 0 Å². The van der Waals surface area contributed by atoms with Crippen molar-refractivity contribution in [1.82, 2.24) is 4.57 Å². The van der Waals surface area contributed by atoms with E-state index in [9.17, 15) is 9.59 Å². The third kappa shape index (κ3) is 2.48. The predicted molar refractivity (Wildman–Crippen MR) is 68.5 cm³/mol. The van der Waals surface area contributed by atoms with Gasteiger partial charge in [-0.1, -0.05) is 24.3 Å². The molecule has 18 heavy (non-hydrogen) atoms. The van der Waals surface area contributed by atoms with Crippen LogP contribution in [0, 0.1) is 0 Å². The molecule has 1 heterocycles. The van der Waals surface area contributed by atoms with E-state index in [1.807, 2.05) is 18.2 Å². The van der Waals surface area contributed by atoms with E-state index in [0.717, 1.165) is 16.7 Å². The molecule has 0 bridgehead atoms. The second kappa shape index (κ2) is 4.87. The maximum absolute atomic E-state index is 11.3. The van der Waals surface area contributed by atoms with E-state index in [2.05, 4.69) is 0 Å². The van der Waals surface area contributed by atoms with Crippen LogP contribution in [-0.4, -0.2) is 15.6 Å². The Labute approximate surface area is 104 Å². The molecule has 1 aromatic heterocycles. The molecule has 0 atom stereocenters. The van der Waals surface area contributed by atoms with Gasteiger partial charge in [-0.2, -0.15) is 0 Å². The van der Waals surface area contributed by atoms with Crippen molar-refractivity contribution in [3.63, 3.8) is 0 Å². The van der Waals surface area contributed by atoms with E-state index < -0.39 is 5.97 Å². The van der Waals surface area contributed by atoms with E-state index in [1.54, 1.807) is 25.4 Å². The minimum Gasteiger partial charge on any atom is -0.481 e. The minimum atomic E-state index is -0.868. The van der Waals surface area contributed by atoms with Crippen molar-refractivity contribution in [2.75, 3.05) is 0 Å². The van der Waals surface area contributed by atoms with Gasteiger partial charge in [-0.3, -0.25) is 9.59 Å². The Morgan fingerprint density at radius 1 is 1.22 bits per heavy atom. The van der Waals surface area contributed by atoms with Gasteiger partial charge in [-0.15, -0.1) is 0 Å². The fraction of sp³-hybridized carbons (Fsp3) is 0.143. The van der Waals surface area contributed by atoms with Crippen molar-refractivity contribution in [3.8, 4) is 11.1 Å². The maximum Gasteiger partial charge on any atom is 0.307 e. The Bertz CT molecular complexity index is 643. The SMILES string of the molecule is Cn1cc(-c2ccccc2CC(=O)O)ccc1=O. The molecule has 4 nitrogen and oxygen atoms in total. The van der Waals surface area contributed by atoms with Crippen LogP contribution < -0.4 is 5.56 Å². The van der Waals surface area contributed by atoms with Crippen molar-refractivity contribution in [2.45, 2.75) is 6.42 Å². The van der Waals surface area contributed by atoms with Crippen LogP contribution in [0.3, 0.4) is 0 Å². The van der Waals surface area contributed by atoms with Gasteiger partial charge in [0.1, 0.15) is 0 Å². The Morgan fingerprint density at radius 2 is 1.94 bits per heavy atom. The van der Waals surface area contributed by atoms with Gasteiger partial charge in [0, 0.05) is 19.3 Å². The molecule has 0 spiro atoms. The minimum absolute atomic E-state index is 0.0288. The van der Waals surface area contributed by atoms with Crippen molar-refractivity contribution >= 4 is 5.97 Å². The lowest BCUT2D eigenvalue weighted by Gasteiger charge is -2.08. The van der Waals surface area contributed by atoms with Gasteiger partial charge in [-0.25, -0.2) is 0 Å². The summed E-state index contributed by atoms with van der Waals surface area (Å²) >= 11 is 0. The Morgan fingerprint density at radius 3 is 2.61 bits per heavy atom. The number of hydrogen-bond acceptors (Lipinski definition) is 2. The number of aliphatic carboxylic acids is 1. The average Bonchev–Trinajstić information content (AvgIpc) is 2.33. The first kappa shape index (κ1) is 12.1. The highest BCUT2D eigenvalue weighted by molar-refractivity contribution is 5.76.